The summed E-state index contributed by atoms with van der Waals surface area (Å²) in [5, 5.41) is 14.5. The molecule has 1 heterocycles. The minimum Gasteiger partial charge on any atom is -0.481 e. The van der Waals surface area contributed by atoms with E-state index in [0.717, 1.165) is 12.8 Å². The van der Waals surface area contributed by atoms with E-state index >= 15 is 0 Å². The van der Waals surface area contributed by atoms with Crippen LogP contribution < -0.4 is 10.6 Å². The van der Waals surface area contributed by atoms with Crippen molar-refractivity contribution >= 4 is 23.5 Å². The van der Waals surface area contributed by atoms with Crippen LogP contribution in [0.15, 0.2) is 24.3 Å². The zero-order valence-corrected chi connectivity index (χ0v) is 14.3. The average molecular weight is 348 g/mol. The van der Waals surface area contributed by atoms with E-state index in [1.807, 2.05) is 6.92 Å². The molecule has 0 spiro atoms. The largest absolute Gasteiger partial charge is 0.481 e. The SMILES string of the molecule is CCCC(CNC(=O)c1cccc(NC(=O)C2CCCO2)c1)C(=O)O. The van der Waals surface area contributed by atoms with Crippen molar-refractivity contribution in [2.75, 3.05) is 18.5 Å². The van der Waals surface area contributed by atoms with Gasteiger partial charge in [0, 0.05) is 24.4 Å². The Balaban J connectivity index is 1.93. The first-order valence-corrected chi connectivity index (χ1v) is 8.54. The standard InChI is InChI=1S/C18H24N2O5/c1-2-5-13(18(23)24)11-19-16(21)12-6-3-7-14(10-12)20-17(22)15-8-4-9-25-15/h3,6-7,10,13,15H,2,4-5,8-9,11H2,1H3,(H,19,21)(H,20,22)(H,23,24). The summed E-state index contributed by atoms with van der Waals surface area (Å²) in [4.78, 5) is 35.4. The molecule has 2 amide bonds. The van der Waals surface area contributed by atoms with Gasteiger partial charge in [0.2, 0.25) is 0 Å². The lowest BCUT2D eigenvalue weighted by Gasteiger charge is -2.13. The van der Waals surface area contributed by atoms with Crippen molar-refractivity contribution in [3.8, 4) is 0 Å². The molecule has 0 radical (unpaired) electrons. The zero-order valence-electron chi connectivity index (χ0n) is 14.3. The molecule has 0 aliphatic carbocycles. The Kier molecular flexibility index (Phi) is 6.94. The smallest absolute Gasteiger partial charge is 0.308 e. The van der Waals surface area contributed by atoms with E-state index in [-0.39, 0.29) is 18.4 Å². The first-order chi connectivity index (χ1) is 12.0. The maximum atomic E-state index is 12.2. The Hall–Kier alpha value is -2.41. The van der Waals surface area contributed by atoms with Crippen molar-refractivity contribution in [1.29, 1.82) is 0 Å². The van der Waals surface area contributed by atoms with Gasteiger partial charge in [0.1, 0.15) is 6.10 Å². The number of rotatable bonds is 8. The van der Waals surface area contributed by atoms with Crippen LogP contribution in [0.3, 0.4) is 0 Å². The lowest BCUT2D eigenvalue weighted by Crippen LogP contribution is -2.33. The highest BCUT2D eigenvalue weighted by molar-refractivity contribution is 5.98. The summed E-state index contributed by atoms with van der Waals surface area (Å²) in [6.07, 6.45) is 2.36. The second kappa shape index (κ2) is 9.17. The predicted octanol–water partition coefficient (Wildman–Crippen LogP) is 2.03. The summed E-state index contributed by atoms with van der Waals surface area (Å²) in [5.41, 5.74) is 0.877. The number of carboxylic acids is 1. The minimum absolute atomic E-state index is 0.0779. The van der Waals surface area contributed by atoms with Crippen molar-refractivity contribution in [1.82, 2.24) is 5.32 Å². The quantitative estimate of drug-likeness (QED) is 0.667. The van der Waals surface area contributed by atoms with Crippen molar-refractivity contribution in [3.63, 3.8) is 0 Å². The number of carbonyl (C=O) groups is 3. The summed E-state index contributed by atoms with van der Waals surface area (Å²) in [5.74, 6) is -2.10. The molecule has 2 atom stereocenters. The van der Waals surface area contributed by atoms with Crippen LogP contribution in [0.25, 0.3) is 0 Å². The van der Waals surface area contributed by atoms with Gasteiger partial charge in [-0.25, -0.2) is 0 Å². The lowest BCUT2D eigenvalue weighted by molar-refractivity contribution is -0.141. The molecular weight excluding hydrogens is 324 g/mol. The third kappa shape index (κ3) is 5.56. The van der Waals surface area contributed by atoms with Gasteiger partial charge in [-0.15, -0.1) is 0 Å². The summed E-state index contributed by atoms with van der Waals surface area (Å²) in [6, 6.07) is 6.55. The van der Waals surface area contributed by atoms with Crippen LogP contribution in [0.1, 0.15) is 43.0 Å². The topological polar surface area (TPSA) is 105 Å². The number of anilines is 1. The number of carbonyl (C=O) groups excluding carboxylic acids is 2. The van der Waals surface area contributed by atoms with E-state index in [4.69, 9.17) is 9.84 Å². The number of hydrogen-bond acceptors (Lipinski definition) is 4. The number of hydrogen-bond donors (Lipinski definition) is 3. The minimum atomic E-state index is -0.917. The van der Waals surface area contributed by atoms with Crippen molar-refractivity contribution in [2.24, 2.45) is 5.92 Å². The number of carboxylic acid groups (broad SMARTS) is 1. The first-order valence-electron chi connectivity index (χ1n) is 8.54. The predicted molar refractivity (Wildman–Crippen MR) is 92.4 cm³/mol. The van der Waals surface area contributed by atoms with E-state index in [1.165, 1.54) is 0 Å². The molecule has 1 aliphatic rings. The molecule has 3 N–H and O–H groups in total. The van der Waals surface area contributed by atoms with Gasteiger partial charge in [0.05, 0.1) is 5.92 Å². The van der Waals surface area contributed by atoms with E-state index in [9.17, 15) is 14.4 Å². The van der Waals surface area contributed by atoms with Gasteiger partial charge in [-0.1, -0.05) is 19.4 Å². The average Bonchev–Trinajstić information content (AvgIpc) is 3.13. The highest BCUT2D eigenvalue weighted by Crippen LogP contribution is 2.16. The van der Waals surface area contributed by atoms with E-state index < -0.39 is 18.0 Å². The van der Waals surface area contributed by atoms with Crippen LogP contribution >= 0.6 is 0 Å². The Morgan fingerprint density at radius 2 is 2.16 bits per heavy atom. The molecule has 2 rings (SSSR count). The number of nitrogens with one attached hydrogen (secondary N) is 2. The Labute approximate surface area is 146 Å². The molecule has 1 aromatic carbocycles. The fourth-order valence-corrected chi connectivity index (χ4v) is 2.72. The van der Waals surface area contributed by atoms with Crippen LogP contribution in [0.5, 0.6) is 0 Å². The number of benzene rings is 1. The van der Waals surface area contributed by atoms with Gasteiger partial charge < -0.3 is 20.5 Å². The second-order valence-electron chi connectivity index (χ2n) is 6.11. The highest BCUT2D eigenvalue weighted by Gasteiger charge is 2.23. The molecule has 136 valence electrons. The molecule has 0 saturated carbocycles. The number of ether oxygens (including phenoxy) is 1. The van der Waals surface area contributed by atoms with Crippen LogP contribution in [0.2, 0.25) is 0 Å². The molecule has 0 aromatic heterocycles. The molecule has 2 unspecified atom stereocenters. The first kappa shape index (κ1) is 18.9. The Morgan fingerprint density at radius 3 is 2.80 bits per heavy atom. The van der Waals surface area contributed by atoms with Gasteiger partial charge >= 0.3 is 5.97 Å². The van der Waals surface area contributed by atoms with Crippen LogP contribution in [-0.4, -0.2) is 42.1 Å². The van der Waals surface area contributed by atoms with E-state index in [1.54, 1.807) is 24.3 Å². The molecule has 1 fully saturated rings. The monoisotopic (exact) mass is 348 g/mol. The Morgan fingerprint density at radius 1 is 1.36 bits per heavy atom. The molecule has 1 aromatic rings. The molecular formula is C18H24N2O5. The van der Waals surface area contributed by atoms with Crippen molar-refractivity contribution in [3.05, 3.63) is 29.8 Å². The summed E-state index contributed by atoms with van der Waals surface area (Å²) >= 11 is 0. The van der Waals surface area contributed by atoms with Crippen LogP contribution in [-0.2, 0) is 14.3 Å². The van der Waals surface area contributed by atoms with Crippen LogP contribution in [0, 0.1) is 5.92 Å². The molecule has 7 heteroatoms. The molecule has 7 nitrogen and oxygen atoms in total. The third-order valence-corrected chi connectivity index (χ3v) is 4.11. The summed E-state index contributed by atoms with van der Waals surface area (Å²) in [7, 11) is 0. The van der Waals surface area contributed by atoms with E-state index in [2.05, 4.69) is 10.6 Å². The van der Waals surface area contributed by atoms with Gasteiger partial charge in [-0.2, -0.15) is 0 Å². The molecule has 1 aliphatic heterocycles. The lowest BCUT2D eigenvalue weighted by atomic mass is 10.0. The van der Waals surface area contributed by atoms with Crippen molar-refractivity contribution < 1.29 is 24.2 Å². The molecule has 1 saturated heterocycles. The molecule has 0 bridgehead atoms. The highest BCUT2D eigenvalue weighted by atomic mass is 16.5. The second-order valence-corrected chi connectivity index (χ2v) is 6.11. The van der Waals surface area contributed by atoms with Gasteiger partial charge in [0.25, 0.3) is 11.8 Å². The normalized spacial score (nSPS) is 17.7. The van der Waals surface area contributed by atoms with Crippen molar-refractivity contribution in [2.45, 2.75) is 38.7 Å². The Bertz CT molecular complexity index is 626. The zero-order chi connectivity index (χ0) is 18.2. The summed E-state index contributed by atoms with van der Waals surface area (Å²) < 4.78 is 5.33. The maximum Gasteiger partial charge on any atom is 0.308 e. The van der Waals surface area contributed by atoms with Gasteiger partial charge in [-0.3, -0.25) is 14.4 Å². The molecule has 25 heavy (non-hydrogen) atoms. The van der Waals surface area contributed by atoms with Crippen LogP contribution in [0.4, 0.5) is 5.69 Å². The number of amides is 2. The maximum absolute atomic E-state index is 12.2. The fourth-order valence-electron chi connectivity index (χ4n) is 2.72. The van der Waals surface area contributed by atoms with Gasteiger partial charge in [0.15, 0.2) is 0 Å². The van der Waals surface area contributed by atoms with Gasteiger partial charge in [-0.05, 0) is 37.5 Å². The van der Waals surface area contributed by atoms with E-state index in [0.29, 0.717) is 30.7 Å². The third-order valence-electron chi connectivity index (χ3n) is 4.11. The number of aliphatic carboxylic acids is 1. The fraction of sp³-hybridized carbons (Fsp3) is 0.500. The summed E-state index contributed by atoms with van der Waals surface area (Å²) in [6.45, 7) is 2.56.